The summed E-state index contributed by atoms with van der Waals surface area (Å²) in [6, 6.07) is 1.88. The minimum absolute atomic E-state index is 0.272. The normalized spacial score (nSPS) is 12.9. The number of alkyl halides is 5. The van der Waals surface area contributed by atoms with E-state index in [0.29, 0.717) is 18.2 Å². The smallest absolute Gasteiger partial charge is 0.330 e. The van der Waals surface area contributed by atoms with E-state index in [2.05, 4.69) is 0 Å². The predicted molar refractivity (Wildman–Crippen MR) is 54.0 cm³/mol. The second kappa shape index (κ2) is 4.78. The van der Waals surface area contributed by atoms with Crippen LogP contribution in [-0.2, 0) is 12.1 Å². The Hall–Kier alpha value is -0.880. The molecular formula is C10H9ClF5N. The Labute approximate surface area is 99.4 Å². The van der Waals surface area contributed by atoms with E-state index in [-0.39, 0.29) is 6.54 Å². The van der Waals surface area contributed by atoms with Crippen LogP contribution in [0.15, 0.2) is 18.2 Å². The van der Waals surface area contributed by atoms with Crippen molar-refractivity contribution in [3.63, 3.8) is 0 Å². The maximum Gasteiger partial charge on any atom is 0.417 e. The molecule has 0 saturated carbocycles. The summed E-state index contributed by atoms with van der Waals surface area (Å²) in [5.74, 6) is -3.28. The van der Waals surface area contributed by atoms with Crippen LogP contribution in [0.1, 0.15) is 17.5 Å². The molecule has 0 aliphatic rings. The molecule has 0 spiro atoms. The van der Waals surface area contributed by atoms with Crippen molar-refractivity contribution in [2.75, 3.05) is 6.54 Å². The van der Waals surface area contributed by atoms with E-state index < -0.39 is 34.7 Å². The topological polar surface area (TPSA) is 26.0 Å². The number of rotatable bonds is 3. The van der Waals surface area contributed by atoms with Gasteiger partial charge in [0, 0.05) is 12.0 Å². The third-order valence-electron chi connectivity index (χ3n) is 2.16. The van der Waals surface area contributed by atoms with Crippen molar-refractivity contribution < 1.29 is 22.0 Å². The lowest BCUT2D eigenvalue weighted by molar-refractivity contribution is -0.137. The van der Waals surface area contributed by atoms with Crippen LogP contribution in [0.2, 0.25) is 5.02 Å². The molecule has 0 saturated heterocycles. The summed E-state index contributed by atoms with van der Waals surface area (Å²) in [5, 5.41) is -0.744. The van der Waals surface area contributed by atoms with Crippen LogP contribution in [0.25, 0.3) is 0 Å². The molecule has 17 heavy (non-hydrogen) atoms. The van der Waals surface area contributed by atoms with Crippen LogP contribution >= 0.6 is 11.6 Å². The summed E-state index contributed by atoms with van der Waals surface area (Å²) < 4.78 is 63.7. The number of benzene rings is 1. The summed E-state index contributed by atoms with van der Waals surface area (Å²) in [6.07, 6.45) is -5.30. The van der Waals surface area contributed by atoms with Crippen molar-refractivity contribution in [1.82, 2.24) is 0 Å². The van der Waals surface area contributed by atoms with Gasteiger partial charge in [0.2, 0.25) is 0 Å². The molecule has 1 aromatic rings. The van der Waals surface area contributed by atoms with Gasteiger partial charge in [-0.3, -0.25) is 0 Å². The highest BCUT2D eigenvalue weighted by atomic mass is 35.5. The van der Waals surface area contributed by atoms with Crippen LogP contribution in [0.5, 0.6) is 0 Å². The Kier molecular flexibility index (Phi) is 3.99. The molecule has 0 unspecified atom stereocenters. The zero-order valence-electron chi connectivity index (χ0n) is 8.49. The molecule has 0 fully saturated rings. The highest BCUT2D eigenvalue weighted by molar-refractivity contribution is 6.31. The third-order valence-corrected chi connectivity index (χ3v) is 2.47. The van der Waals surface area contributed by atoms with Gasteiger partial charge in [0.25, 0.3) is 5.92 Å². The second-order valence-electron chi connectivity index (χ2n) is 3.44. The minimum Gasteiger partial charge on any atom is -0.330 e. The molecule has 0 amide bonds. The molecule has 0 heterocycles. The standard InChI is InChI=1S/C10H9ClF5N/c11-8-5-6(9(12,13)3-4-17)1-2-7(8)10(14,15)16/h1-2,5H,3-4,17H2. The minimum atomic E-state index is -4.65. The first-order valence-electron chi connectivity index (χ1n) is 4.63. The van der Waals surface area contributed by atoms with E-state index in [1.165, 1.54) is 0 Å². The Balaban J connectivity index is 3.13. The Morgan fingerprint density at radius 1 is 1.12 bits per heavy atom. The van der Waals surface area contributed by atoms with Crippen LogP contribution in [0.3, 0.4) is 0 Å². The number of hydrogen-bond acceptors (Lipinski definition) is 1. The fourth-order valence-corrected chi connectivity index (χ4v) is 1.59. The van der Waals surface area contributed by atoms with Gasteiger partial charge >= 0.3 is 6.18 Å². The molecule has 0 aromatic heterocycles. The molecule has 0 aliphatic heterocycles. The molecule has 2 N–H and O–H groups in total. The average Bonchev–Trinajstić information content (AvgIpc) is 2.15. The third kappa shape index (κ3) is 3.29. The molecule has 1 aromatic carbocycles. The van der Waals surface area contributed by atoms with Crippen LogP contribution < -0.4 is 5.73 Å². The maximum absolute atomic E-state index is 13.3. The van der Waals surface area contributed by atoms with E-state index in [1.807, 2.05) is 0 Å². The molecule has 0 atom stereocenters. The average molecular weight is 274 g/mol. The maximum atomic E-state index is 13.3. The lowest BCUT2D eigenvalue weighted by Gasteiger charge is -2.17. The van der Waals surface area contributed by atoms with E-state index in [0.717, 1.165) is 0 Å². The van der Waals surface area contributed by atoms with Crippen molar-refractivity contribution in [2.24, 2.45) is 5.73 Å². The van der Waals surface area contributed by atoms with Gasteiger partial charge < -0.3 is 5.73 Å². The van der Waals surface area contributed by atoms with Crippen molar-refractivity contribution in [3.05, 3.63) is 34.3 Å². The first-order chi connectivity index (χ1) is 7.68. The Morgan fingerprint density at radius 2 is 1.71 bits per heavy atom. The second-order valence-corrected chi connectivity index (χ2v) is 3.84. The fraction of sp³-hybridized carbons (Fsp3) is 0.400. The highest BCUT2D eigenvalue weighted by Crippen LogP contribution is 2.38. The summed E-state index contributed by atoms with van der Waals surface area (Å²) >= 11 is 5.34. The van der Waals surface area contributed by atoms with Gasteiger partial charge in [0.1, 0.15) is 0 Å². The van der Waals surface area contributed by atoms with Gasteiger partial charge in [-0.15, -0.1) is 0 Å². The quantitative estimate of drug-likeness (QED) is 0.833. The van der Waals surface area contributed by atoms with Gasteiger partial charge in [-0.1, -0.05) is 17.7 Å². The van der Waals surface area contributed by atoms with E-state index in [4.69, 9.17) is 17.3 Å². The zero-order valence-corrected chi connectivity index (χ0v) is 9.25. The van der Waals surface area contributed by atoms with Crippen LogP contribution in [0, 0.1) is 0 Å². The van der Waals surface area contributed by atoms with Crippen molar-refractivity contribution in [2.45, 2.75) is 18.5 Å². The van der Waals surface area contributed by atoms with Crippen LogP contribution in [0.4, 0.5) is 22.0 Å². The SMILES string of the molecule is NCCC(F)(F)c1ccc(C(F)(F)F)c(Cl)c1. The number of halogens is 6. The largest absolute Gasteiger partial charge is 0.417 e. The van der Waals surface area contributed by atoms with Crippen LogP contribution in [-0.4, -0.2) is 6.54 Å². The zero-order chi connectivity index (χ0) is 13.3. The van der Waals surface area contributed by atoms with E-state index >= 15 is 0 Å². The van der Waals surface area contributed by atoms with Gasteiger partial charge in [0.05, 0.1) is 10.6 Å². The number of nitrogens with two attached hydrogens (primary N) is 1. The van der Waals surface area contributed by atoms with Crippen molar-refractivity contribution in [1.29, 1.82) is 0 Å². The lowest BCUT2D eigenvalue weighted by Crippen LogP contribution is -2.19. The first kappa shape index (κ1) is 14.2. The highest BCUT2D eigenvalue weighted by Gasteiger charge is 2.36. The molecule has 0 radical (unpaired) electrons. The van der Waals surface area contributed by atoms with Gasteiger partial charge in [-0.05, 0) is 18.7 Å². The Morgan fingerprint density at radius 3 is 2.12 bits per heavy atom. The van der Waals surface area contributed by atoms with Crippen molar-refractivity contribution in [3.8, 4) is 0 Å². The Bertz CT molecular complexity index is 402. The fourth-order valence-electron chi connectivity index (χ4n) is 1.30. The molecule has 96 valence electrons. The van der Waals surface area contributed by atoms with Gasteiger partial charge in [-0.2, -0.15) is 13.2 Å². The molecule has 7 heteroatoms. The predicted octanol–water partition coefficient (Wildman–Crippen LogP) is 3.80. The molecule has 0 bridgehead atoms. The number of hydrogen-bond donors (Lipinski definition) is 1. The lowest BCUT2D eigenvalue weighted by atomic mass is 10.0. The molecule has 1 rings (SSSR count). The summed E-state index contributed by atoms with van der Waals surface area (Å²) in [5.41, 5.74) is 3.29. The summed E-state index contributed by atoms with van der Waals surface area (Å²) in [4.78, 5) is 0. The summed E-state index contributed by atoms with van der Waals surface area (Å²) in [6.45, 7) is -0.272. The van der Waals surface area contributed by atoms with E-state index in [9.17, 15) is 22.0 Å². The first-order valence-corrected chi connectivity index (χ1v) is 5.01. The van der Waals surface area contributed by atoms with Crippen molar-refractivity contribution >= 4 is 11.6 Å². The van der Waals surface area contributed by atoms with Gasteiger partial charge in [0.15, 0.2) is 0 Å². The van der Waals surface area contributed by atoms with Gasteiger partial charge in [-0.25, -0.2) is 8.78 Å². The monoisotopic (exact) mass is 273 g/mol. The molecule has 1 nitrogen and oxygen atoms in total. The summed E-state index contributed by atoms with van der Waals surface area (Å²) in [7, 11) is 0. The van der Waals surface area contributed by atoms with E-state index in [1.54, 1.807) is 0 Å². The molecular weight excluding hydrogens is 265 g/mol. The molecule has 0 aliphatic carbocycles.